The van der Waals surface area contributed by atoms with Gasteiger partial charge in [-0.2, -0.15) is 0 Å². The molecular formula is C20H26N4O3. The smallest absolute Gasteiger partial charge is 0.213 e. The van der Waals surface area contributed by atoms with Gasteiger partial charge < -0.3 is 24.8 Å². The predicted octanol–water partition coefficient (Wildman–Crippen LogP) is 3.22. The monoisotopic (exact) mass is 370 g/mol. The van der Waals surface area contributed by atoms with Crippen LogP contribution < -0.4 is 24.8 Å². The number of anilines is 1. The molecule has 0 fully saturated rings. The van der Waals surface area contributed by atoms with Crippen LogP contribution in [-0.2, 0) is 6.54 Å². The molecule has 144 valence electrons. The molecule has 7 nitrogen and oxygen atoms in total. The third-order valence-electron chi connectivity index (χ3n) is 3.85. The van der Waals surface area contributed by atoms with Crippen LogP contribution in [0.3, 0.4) is 0 Å². The normalized spacial score (nSPS) is 13.9. The fraction of sp³-hybridized carbons (Fsp3) is 0.400. The molecule has 0 aliphatic carbocycles. The first-order valence-electron chi connectivity index (χ1n) is 9.13. The van der Waals surface area contributed by atoms with Crippen molar-refractivity contribution in [3.63, 3.8) is 0 Å². The number of ether oxygens (including phenoxy) is 3. The van der Waals surface area contributed by atoms with Crippen molar-refractivity contribution in [2.75, 3.05) is 25.6 Å². The highest BCUT2D eigenvalue weighted by molar-refractivity contribution is 5.93. The van der Waals surface area contributed by atoms with Crippen molar-refractivity contribution in [1.29, 1.82) is 0 Å². The first kappa shape index (κ1) is 18.8. The Hall–Kier alpha value is -2.96. The van der Waals surface area contributed by atoms with Crippen LogP contribution >= 0.6 is 0 Å². The number of rotatable bonds is 5. The van der Waals surface area contributed by atoms with E-state index in [1.54, 1.807) is 13.2 Å². The van der Waals surface area contributed by atoms with E-state index in [1.807, 2.05) is 44.2 Å². The molecule has 2 N–H and O–H groups in total. The van der Waals surface area contributed by atoms with Crippen LogP contribution in [-0.4, -0.2) is 37.3 Å². The van der Waals surface area contributed by atoms with Gasteiger partial charge in [-0.1, -0.05) is 6.07 Å². The number of fused-ring (bicyclic) bond motifs is 1. The summed E-state index contributed by atoms with van der Waals surface area (Å²) in [5.74, 6) is 2.81. The summed E-state index contributed by atoms with van der Waals surface area (Å²) < 4.78 is 16.9. The highest BCUT2D eigenvalue weighted by Crippen LogP contribution is 2.32. The molecule has 27 heavy (non-hydrogen) atoms. The molecule has 0 saturated carbocycles. The number of aromatic nitrogens is 1. The average Bonchev–Trinajstić information content (AvgIpc) is 2.90. The summed E-state index contributed by atoms with van der Waals surface area (Å²) in [6, 6.07) is 9.64. The third kappa shape index (κ3) is 5.51. The SMILES string of the molecule is CN=C(NCc1ccc(OC(C)C)nc1)Nc1ccc2c(c1)OCCCO2. The standard InChI is InChI=1S/C20H26N4O3/c1-14(2)27-19-8-5-15(12-22-19)13-23-20(21-3)24-16-6-7-17-18(11-16)26-10-4-9-25-17/h5-8,11-12,14H,4,9-10,13H2,1-3H3,(H2,21,23,24). The lowest BCUT2D eigenvalue weighted by Crippen LogP contribution is -2.30. The molecular weight excluding hydrogens is 344 g/mol. The van der Waals surface area contributed by atoms with Crippen LogP contribution in [0.4, 0.5) is 5.69 Å². The van der Waals surface area contributed by atoms with E-state index in [-0.39, 0.29) is 6.10 Å². The maximum Gasteiger partial charge on any atom is 0.213 e. The topological polar surface area (TPSA) is 77.0 Å². The number of hydrogen-bond donors (Lipinski definition) is 2. The molecule has 0 unspecified atom stereocenters. The van der Waals surface area contributed by atoms with Gasteiger partial charge >= 0.3 is 0 Å². The van der Waals surface area contributed by atoms with E-state index in [4.69, 9.17) is 14.2 Å². The van der Waals surface area contributed by atoms with E-state index in [0.717, 1.165) is 29.2 Å². The minimum atomic E-state index is 0.111. The molecule has 2 heterocycles. The van der Waals surface area contributed by atoms with Gasteiger partial charge in [-0.3, -0.25) is 4.99 Å². The highest BCUT2D eigenvalue weighted by Gasteiger charge is 2.11. The lowest BCUT2D eigenvalue weighted by Gasteiger charge is -2.14. The van der Waals surface area contributed by atoms with Crippen molar-refractivity contribution in [1.82, 2.24) is 10.3 Å². The molecule has 0 radical (unpaired) electrons. The van der Waals surface area contributed by atoms with Gasteiger partial charge in [0, 0.05) is 44.0 Å². The van der Waals surface area contributed by atoms with Crippen LogP contribution in [0.15, 0.2) is 41.5 Å². The van der Waals surface area contributed by atoms with E-state index in [0.29, 0.717) is 31.6 Å². The molecule has 2 aromatic rings. The number of guanidine groups is 1. The Kier molecular flexibility index (Phi) is 6.35. The van der Waals surface area contributed by atoms with E-state index < -0.39 is 0 Å². The van der Waals surface area contributed by atoms with Gasteiger partial charge in [0.25, 0.3) is 0 Å². The van der Waals surface area contributed by atoms with Gasteiger partial charge in [0.15, 0.2) is 17.5 Å². The Morgan fingerprint density at radius 3 is 2.70 bits per heavy atom. The van der Waals surface area contributed by atoms with Gasteiger partial charge in [-0.05, 0) is 31.5 Å². The summed E-state index contributed by atoms with van der Waals surface area (Å²) in [6.45, 7) is 5.89. The van der Waals surface area contributed by atoms with Crippen molar-refractivity contribution in [2.24, 2.45) is 4.99 Å². The zero-order valence-electron chi connectivity index (χ0n) is 16.0. The summed E-state index contributed by atoms with van der Waals surface area (Å²) in [5.41, 5.74) is 1.92. The van der Waals surface area contributed by atoms with Gasteiger partial charge in [0.1, 0.15) is 0 Å². The fourth-order valence-electron chi connectivity index (χ4n) is 2.57. The Labute approximate surface area is 159 Å². The minimum Gasteiger partial charge on any atom is -0.490 e. The molecule has 0 amide bonds. The molecule has 0 bridgehead atoms. The summed E-state index contributed by atoms with van der Waals surface area (Å²) in [7, 11) is 1.73. The molecule has 1 aliphatic heterocycles. The first-order chi connectivity index (χ1) is 13.1. The van der Waals surface area contributed by atoms with Crippen molar-refractivity contribution < 1.29 is 14.2 Å². The van der Waals surface area contributed by atoms with Gasteiger partial charge in [0.05, 0.1) is 19.3 Å². The molecule has 0 spiro atoms. The number of nitrogens with one attached hydrogen (secondary N) is 2. The molecule has 0 saturated heterocycles. The number of pyridine rings is 1. The van der Waals surface area contributed by atoms with Gasteiger partial charge in [-0.15, -0.1) is 0 Å². The van der Waals surface area contributed by atoms with Crippen LogP contribution in [0.2, 0.25) is 0 Å². The van der Waals surface area contributed by atoms with Crippen molar-refractivity contribution in [2.45, 2.75) is 32.9 Å². The summed E-state index contributed by atoms with van der Waals surface area (Å²) in [5, 5.41) is 6.54. The highest BCUT2D eigenvalue weighted by atomic mass is 16.5. The van der Waals surface area contributed by atoms with Crippen molar-refractivity contribution in [3.05, 3.63) is 42.1 Å². The van der Waals surface area contributed by atoms with E-state index in [1.165, 1.54) is 0 Å². The maximum atomic E-state index is 5.73. The number of hydrogen-bond acceptors (Lipinski definition) is 5. The number of aliphatic imine (C=N–C) groups is 1. The van der Waals surface area contributed by atoms with Crippen LogP contribution in [0, 0.1) is 0 Å². The zero-order valence-corrected chi connectivity index (χ0v) is 16.0. The number of benzene rings is 1. The number of nitrogens with zero attached hydrogens (tertiary/aromatic N) is 2. The van der Waals surface area contributed by atoms with Crippen LogP contribution in [0.25, 0.3) is 0 Å². The van der Waals surface area contributed by atoms with E-state index >= 15 is 0 Å². The van der Waals surface area contributed by atoms with Crippen molar-refractivity contribution >= 4 is 11.6 Å². The summed E-state index contributed by atoms with van der Waals surface area (Å²) in [6.07, 6.45) is 2.79. The quantitative estimate of drug-likeness (QED) is 0.622. The second-order valence-corrected chi connectivity index (χ2v) is 6.43. The zero-order chi connectivity index (χ0) is 19.1. The molecule has 1 aromatic carbocycles. The van der Waals surface area contributed by atoms with E-state index in [9.17, 15) is 0 Å². The largest absolute Gasteiger partial charge is 0.490 e. The predicted molar refractivity (Wildman–Crippen MR) is 106 cm³/mol. The molecule has 3 rings (SSSR count). The maximum absolute atomic E-state index is 5.73. The average molecular weight is 370 g/mol. The lowest BCUT2D eigenvalue weighted by molar-refractivity contribution is 0.232. The van der Waals surface area contributed by atoms with Gasteiger partial charge in [-0.25, -0.2) is 4.98 Å². The molecule has 1 aliphatic rings. The second-order valence-electron chi connectivity index (χ2n) is 6.43. The molecule has 1 aromatic heterocycles. The molecule has 0 atom stereocenters. The van der Waals surface area contributed by atoms with Gasteiger partial charge in [0.2, 0.25) is 5.88 Å². The second kappa shape index (κ2) is 9.12. The fourth-order valence-corrected chi connectivity index (χ4v) is 2.57. The lowest BCUT2D eigenvalue weighted by atomic mass is 10.2. The van der Waals surface area contributed by atoms with E-state index in [2.05, 4.69) is 20.6 Å². The summed E-state index contributed by atoms with van der Waals surface area (Å²) >= 11 is 0. The third-order valence-corrected chi connectivity index (χ3v) is 3.85. The van der Waals surface area contributed by atoms with Crippen molar-refractivity contribution in [3.8, 4) is 17.4 Å². The Morgan fingerprint density at radius 2 is 2.00 bits per heavy atom. The first-order valence-corrected chi connectivity index (χ1v) is 9.13. The Bertz CT molecular complexity index is 775. The minimum absolute atomic E-state index is 0.111. The Balaban J connectivity index is 1.57. The van der Waals surface area contributed by atoms with Crippen LogP contribution in [0.1, 0.15) is 25.8 Å². The Morgan fingerprint density at radius 1 is 1.19 bits per heavy atom. The van der Waals surface area contributed by atoms with Crippen LogP contribution in [0.5, 0.6) is 17.4 Å². The molecule has 7 heteroatoms. The summed E-state index contributed by atoms with van der Waals surface area (Å²) in [4.78, 5) is 8.57.